The number of nitrogens with zero attached hydrogens (tertiary/aromatic N) is 2. The zero-order valence-electron chi connectivity index (χ0n) is 40.3. The Kier molecular flexibility index (Phi) is 7.61. The van der Waals surface area contributed by atoms with E-state index in [0.29, 0.717) is 0 Å². The summed E-state index contributed by atoms with van der Waals surface area (Å²) in [5, 5.41) is 5.50. The zero-order valence-corrected chi connectivity index (χ0v) is 41.1. The van der Waals surface area contributed by atoms with Crippen molar-refractivity contribution in [2.45, 2.75) is 123 Å². The first-order valence-electron chi connectivity index (χ1n) is 24.1. The van der Waals surface area contributed by atoms with Crippen LogP contribution in [0.5, 0.6) is 0 Å². The van der Waals surface area contributed by atoms with Crippen LogP contribution in [-0.4, -0.2) is 11.4 Å². The molecule has 322 valence electrons. The lowest BCUT2D eigenvalue weighted by molar-refractivity contribution is 0.332. The van der Waals surface area contributed by atoms with Crippen molar-refractivity contribution in [3.63, 3.8) is 0 Å². The topological polar surface area (TPSA) is 8.17 Å². The molecule has 65 heavy (non-hydrogen) atoms. The molecule has 0 atom stereocenters. The largest absolute Gasteiger partial charge is 0.376 e. The first kappa shape index (κ1) is 39.8. The number of aromatic nitrogens is 1. The summed E-state index contributed by atoms with van der Waals surface area (Å²) in [7, 11) is 0. The molecule has 0 fully saturated rings. The van der Waals surface area contributed by atoms with E-state index in [2.05, 4.69) is 208 Å². The van der Waals surface area contributed by atoms with Gasteiger partial charge in [-0.05, 0) is 144 Å². The summed E-state index contributed by atoms with van der Waals surface area (Å²) in [5.74, 6) is 0. The fourth-order valence-electron chi connectivity index (χ4n) is 13.0. The molecule has 2 nitrogen and oxygen atoms in total. The number of hydrogen-bond donors (Lipinski definition) is 0. The molecule has 0 radical (unpaired) electrons. The summed E-state index contributed by atoms with van der Waals surface area (Å²) in [6, 6.07) is 46.1. The second kappa shape index (κ2) is 12.4. The third-order valence-electron chi connectivity index (χ3n) is 16.7. The Balaban J connectivity index is 1.29. The van der Waals surface area contributed by atoms with Crippen LogP contribution in [0.4, 0.5) is 11.4 Å². The summed E-state index contributed by atoms with van der Waals surface area (Å²) in [5.41, 5.74) is 23.6. The van der Waals surface area contributed by atoms with Crippen molar-refractivity contribution in [3.8, 4) is 27.9 Å². The van der Waals surface area contributed by atoms with Gasteiger partial charge in [0.15, 0.2) is 0 Å². The molecule has 0 saturated heterocycles. The van der Waals surface area contributed by atoms with Gasteiger partial charge in [0.05, 0.1) is 11.0 Å². The molecule has 4 aliphatic rings. The minimum absolute atomic E-state index is 0.00301. The molecule has 0 saturated carbocycles. The van der Waals surface area contributed by atoms with Crippen molar-refractivity contribution in [1.82, 2.24) is 4.57 Å². The number of thiophene rings is 1. The molecular weight excluding hydrogens is 804 g/mol. The van der Waals surface area contributed by atoms with Crippen LogP contribution < -0.4 is 15.7 Å². The van der Waals surface area contributed by atoms with Gasteiger partial charge < -0.3 is 9.38 Å². The van der Waals surface area contributed by atoms with E-state index in [1.807, 2.05) is 11.3 Å². The van der Waals surface area contributed by atoms with Gasteiger partial charge in [-0.25, -0.2) is 0 Å². The van der Waals surface area contributed by atoms with Crippen molar-refractivity contribution < 1.29 is 0 Å². The Morgan fingerprint density at radius 3 is 1.94 bits per heavy atom. The zero-order chi connectivity index (χ0) is 45.1. The second-order valence-corrected chi connectivity index (χ2v) is 25.1. The predicted molar refractivity (Wildman–Crippen MR) is 283 cm³/mol. The van der Waals surface area contributed by atoms with E-state index < -0.39 is 0 Å². The molecule has 4 heterocycles. The van der Waals surface area contributed by atoms with E-state index >= 15 is 0 Å². The van der Waals surface area contributed by atoms with Crippen LogP contribution in [0.15, 0.2) is 115 Å². The Morgan fingerprint density at radius 1 is 0.554 bits per heavy atom. The molecule has 9 aromatic rings. The van der Waals surface area contributed by atoms with Crippen LogP contribution in [0.2, 0.25) is 0 Å². The lowest BCUT2D eigenvalue weighted by Gasteiger charge is -2.47. The highest BCUT2D eigenvalue weighted by atomic mass is 32.1. The molecule has 0 N–H and O–H groups in total. The summed E-state index contributed by atoms with van der Waals surface area (Å²) >= 11 is 1.93. The third-order valence-corrected chi connectivity index (χ3v) is 17.8. The molecule has 0 unspecified atom stereocenters. The van der Waals surface area contributed by atoms with E-state index in [0.717, 1.165) is 0 Å². The fourth-order valence-corrected chi connectivity index (χ4v) is 14.1. The molecule has 0 bridgehead atoms. The van der Waals surface area contributed by atoms with E-state index in [4.69, 9.17) is 0 Å². The second-order valence-electron chi connectivity index (χ2n) is 24.0. The molecule has 0 spiro atoms. The van der Waals surface area contributed by atoms with Crippen LogP contribution in [0.1, 0.15) is 129 Å². The Labute approximate surface area is 389 Å². The normalized spacial score (nSPS) is 17.4. The van der Waals surface area contributed by atoms with Gasteiger partial charge in [-0.2, -0.15) is 0 Å². The molecular formula is C61H59BN2S. The predicted octanol–water partition coefficient (Wildman–Crippen LogP) is 15.6. The standard InChI is InChI=1S/C61H59BN2S/c1-57(2,3)34-21-24-36(25-22-34)64-47-32-44-43(59(7,8)27-28-60(44,9)10)30-41(47)52-51-38-18-13-15-19-42(38)61(11,12)54(51)53-40-29-35(58(4,5)6)23-26-46(40)63-48-33-50-39(37-17-14-16-20-49(37)65-50)31-45(48)62(64)55(52)56(53)63/h13-26,29-33H,27-28H2,1-12H3. The van der Waals surface area contributed by atoms with Crippen LogP contribution >= 0.6 is 11.3 Å². The highest BCUT2D eigenvalue weighted by Gasteiger charge is 2.51. The fraction of sp³-hybridized carbons (Fsp3) is 0.311. The third kappa shape index (κ3) is 5.13. The Hall–Kier alpha value is -5.58. The van der Waals surface area contributed by atoms with Gasteiger partial charge in [-0.1, -0.05) is 150 Å². The quantitative estimate of drug-likeness (QED) is 0.149. The maximum absolute atomic E-state index is 2.79. The van der Waals surface area contributed by atoms with E-state index in [-0.39, 0.29) is 33.9 Å². The van der Waals surface area contributed by atoms with Gasteiger partial charge in [0, 0.05) is 59.0 Å². The summed E-state index contributed by atoms with van der Waals surface area (Å²) in [6.45, 7) is 29.0. The number of benzene rings is 7. The molecule has 7 aromatic carbocycles. The lowest BCUT2D eigenvalue weighted by atomic mass is 9.43. The number of rotatable bonds is 1. The summed E-state index contributed by atoms with van der Waals surface area (Å²) in [6.07, 6.45) is 2.35. The van der Waals surface area contributed by atoms with Crippen LogP contribution in [-0.2, 0) is 27.1 Å². The number of fused-ring (bicyclic) bond motifs is 17. The van der Waals surface area contributed by atoms with Crippen molar-refractivity contribution in [1.29, 1.82) is 0 Å². The van der Waals surface area contributed by atoms with Crippen molar-refractivity contribution >= 4 is 82.5 Å². The van der Waals surface area contributed by atoms with Gasteiger partial charge in [-0.3, -0.25) is 0 Å². The van der Waals surface area contributed by atoms with Crippen LogP contribution in [0, 0.1) is 0 Å². The Bertz CT molecular complexity index is 3600. The molecule has 2 aliphatic heterocycles. The summed E-state index contributed by atoms with van der Waals surface area (Å²) in [4.78, 5) is 2.79. The molecule has 2 aliphatic carbocycles. The van der Waals surface area contributed by atoms with Crippen molar-refractivity contribution in [3.05, 3.63) is 149 Å². The minimum Gasteiger partial charge on any atom is -0.376 e. The summed E-state index contributed by atoms with van der Waals surface area (Å²) < 4.78 is 5.42. The number of hydrogen-bond acceptors (Lipinski definition) is 2. The van der Waals surface area contributed by atoms with E-state index in [1.54, 1.807) is 0 Å². The van der Waals surface area contributed by atoms with Gasteiger partial charge >= 0.3 is 6.85 Å². The molecule has 4 heteroatoms. The van der Waals surface area contributed by atoms with Gasteiger partial charge in [0.2, 0.25) is 0 Å². The smallest absolute Gasteiger partial charge is 0.333 e. The first-order valence-corrected chi connectivity index (χ1v) is 24.9. The van der Waals surface area contributed by atoms with Crippen LogP contribution in [0.25, 0.3) is 69.9 Å². The highest BCUT2D eigenvalue weighted by molar-refractivity contribution is 7.26. The van der Waals surface area contributed by atoms with Crippen LogP contribution in [0.3, 0.4) is 0 Å². The number of anilines is 2. The van der Waals surface area contributed by atoms with Gasteiger partial charge in [-0.15, -0.1) is 11.3 Å². The van der Waals surface area contributed by atoms with Crippen molar-refractivity contribution in [2.24, 2.45) is 0 Å². The minimum atomic E-state index is -0.224. The lowest BCUT2D eigenvalue weighted by Crippen LogP contribution is -2.61. The highest BCUT2D eigenvalue weighted by Crippen LogP contribution is 2.60. The van der Waals surface area contributed by atoms with E-state index in [9.17, 15) is 0 Å². The van der Waals surface area contributed by atoms with Gasteiger partial charge in [0.1, 0.15) is 0 Å². The van der Waals surface area contributed by atoms with Gasteiger partial charge in [0.25, 0.3) is 0 Å². The Morgan fingerprint density at radius 2 is 1.22 bits per heavy atom. The maximum Gasteiger partial charge on any atom is 0.333 e. The monoisotopic (exact) mass is 862 g/mol. The van der Waals surface area contributed by atoms with E-state index in [1.165, 1.54) is 138 Å². The molecule has 13 rings (SSSR count). The average molecular weight is 863 g/mol. The molecule has 0 amide bonds. The first-order chi connectivity index (χ1) is 30.8. The maximum atomic E-state index is 2.79. The molecule has 2 aromatic heterocycles. The average Bonchev–Trinajstić information content (AvgIpc) is 3.88. The SMILES string of the molecule is CC(C)(C)c1ccc(N2B3c4cc5c(cc4-n4c6ccc(C(C)(C)C)cc6c6c7c(c(c3c64)-c3cc4c(cc32)C(C)(C)CCC4(C)C)-c2ccccc2C7(C)C)sc2ccccc25)cc1. The van der Waals surface area contributed by atoms with Crippen molar-refractivity contribution in [2.75, 3.05) is 4.81 Å².